The van der Waals surface area contributed by atoms with Crippen LogP contribution in [0.1, 0.15) is 30.9 Å². The highest BCUT2D eigenvalue weighted by molar-refractivity contribution is 5.36. The van der Waals surface area contributed by atoms with Gasteiger partial charge >= 0.3 is 0 Å². The number of rotatable bonds is 4. The Balaban J connectivity index is 2.06. The maximum Gasteiger partial charge on any atom is 0.123 e. The first-order chi connectivity index (χ1) is 9.10. The van der Waals surface area contributed by atoms with E-state index in [-0.39, 0.29) is 0 Å². The fourth-order valence-corrected chi connectivity index (χ4v) is 2.94. The predicted octanol–water partition coefficient (Wildman–Crippen LogP) is 2.56. The number of benzene rings is 1. The van der Waals surface area contributed by atoms with E-state index in [4.69, 9.17) is 10.5 Å². The van der Waals surface area contributed by atoms with Crippen molar-refractivity contribution in [2.24, 2.45) is 11.7 Å². The van der Waals surface area contributed by atoms with Gasteiger partial charge in [0.05, 0.1) is 7.11 Å². The highest BCUT2D eigenvalue weighted by Crippen LogP contribution is 2.25. The molecule has 1 aromatic carbocycles. The Kier molecular flexibility index (Phi) is 4.83. The van der Waals surface area contributed by atoms with Crippen molar-refractivity contribution in [1.82, 2.24) is 4.90 Å². The molecule has 2 rings (SSSR count). The van der Waals surface area contributed by atoms with Crippen LogP contribution in [0.5, 0.6) is 5.75 Å². The molecule has 3 nitrogen and oxygen atoms in total. The van der Waals surface area contributed by atoms with Gasteiger partial charge < -0.3 is 10.5 Å². The van der Waals surface area contributed by atoms with Crippen LogP contribution in [0.25, 0.3) is 0 Å². The van der Waals surface area contributed by atoms with Crippen LogP contribution in [0.2, 0.25) is 0 Å². The molecular weight excluding hydrogens is 236 g/mol. The summed E-state index contributed by atoms with van der Waals surface area (Å²) >= 11 is 0. The third-order valence-electron chi connectivity index (χ3n) is 4.12. The lowest BCUT2D eigenvalue weighted by molar-refractivity contribution is 0.153. The third-order valence-corrected chi connectivity index (χ3v) is 4.12. The van der Waals surface area contributed by atoms with Crippen LogP contribution in [0, 0.1) is 12.8 Å². The SMILES string of the molecule is COc1ccc(C)cc1CN1CCCC(C(C)N)C1. The molecule has 2 unspecified atom stereocenters. The van der Waals surface area contributed by atoms with Gasteiger partial charge in [-0.15, -0.1) is 0 Å². The summed E-state index contributed by atoms with van der Waals surface area (Å²) in [5.74, 6) is 1.62. The van der Waals surface area contributed by atoms with Crippen molar-refractivity contribution in [2.45, 2.75) is 39.3 Å². The molecule has 1 fully saturated rings. The molecule has 1 aliphatic rings. The average Bonchev–Trinajstić information content (AvgIpc) is 2.39. The Bertz CT molecular complexity index is 417. The Morgan fingerprint density at radius 3 is 2.95 bits per heavy atom. The number of ether oxygens (including phenoxy) is 1. The first-order valence-corrected chi connectivity index (χ1v) is 7.21. The van der Waals surface area contributed by atoms with Gasteiger partial charge in [0.1, 0.15) is 5.75 Å². The normalized spacial score (nSPS) is 22.2. The molecule has 2 N–H and O–H groups in total. The summed E-state index contributed by atoms with van der Waals surface area (Å²) < 4.78 is 5.46. The molecular formula is C16H26N2O. The number of piperidine rings is 1. The number of nitrogens with two attached hydrogens (primary N) is 1. The van der Waals surface area contributed by atoms with Crippen molar-refractivity contribution in [3.05, 3.63) is 29.3 Å². The summed E-state index contributed by atoms with van der Waals surface area (Å²) in [6.45, 7) is 7.49. The van der Waals surface area contributed by atoms with E-state index >= 15 is 0 Å². The fraction of sp³-hybridized carbons (Fsp3) is 0.625. The van der Waals surface area contributed by atoms with Gasteiger partial charge in [0.25, 0.3) is 0 Å². The molecule has 3 heteroatoms. The number of hydrogen-bond acceptors (Lipinski definition) is 3. The van der Waals surface area contributed by atoms with Crippen LogP contribution in [0.15, 0.2) is 18.2 Å². The lowest BCUT2D eigenvalue weighted by Crippen LogP contribution is -2.41. The van der Waals surface area contributed by atoms with Crippen LogP contribution < -0.4 is 10.5 Å². The van der Waals surface area contributed by atoms with Crippen molar-refractivity contribution in [3.8, 4) is 5.75 Å². The van der Waals surface area contributed by atoms with Gasteiger partial charge in [-0.1, -0.05) is 17.7 Å². The van der Waals surface area contributed by atoms with Crippen molar-refractivity contribution < 1.29 is 4.74 Å². The first kappa shape index (κ1) is 14.4. The number of likely N-dealkylation sites (tertiary alicyclic amines) is 1. The van der Waals surface area contributed by atoms with E-state index in [1.54, 1.807) is 7.11 Å². The van der Waals surface area contributed by atoms with E-state index in [1.165, 1.54) is 30.5 Å². The zero-order valence-electron chi connectivity index (χ0n) is 12.4. The second-order valence-corrected chi connectivity index (χ2v) is 5.81. The highest BCUT2D eigenvalue weighted by atomic mass is 16.5. The summed E-state index contributed by atoms with van der Waals surface area (Å²) in [6.07, 6.45) is 2.51. The molecule has 1 heterocycles. The molecule has 0 radical (unpaired) electrons. The maximum absolute atomic E-state index is 6.05. The largest absolute Gasteiger partial charge is 0.496 e. The minimum atomic E-state index is 0.294. The first-order valence-electron chi connectivity index (χ1n) is 7.21. The van der Waals surface area contributed by atoms with Crippen molar-refractivity contribution in [3.63, 3.8) is 0 Å². The molecule has 1 aromatic rings. The minimum Gasteiger partial charge on any atom is -0.496 e. The smallest absolute Gasteiger partial charge is 0.123 e. The molecule has 0 aromatic heterocycles. The van der Waals surface area contributed by atoms with Gasteiger partial charge in [-0.2, -0.15) is 0 Å². The van der Waals surface area contributed by atoms with Crippen LogP contribution in [0.3, 0.4) is 0 Å². The van der Waals surface area contributed by atoms with Gasteiger partial charge in [0.2, 0.25) is 0 Å². The number of methoxy groups -OCH3 is 1. The van der Waals surface area contributed by atoms with Gasteiger partial charge in [-0.25, -0.2) is 0 Å². The molecule has 0 aliphatic carbocycles. The van der Waals surface area contributed by atoms with E-state index in [2.05, 4.69) is 36.9 Å². The fourth-order valence-electron chi connectivity index (χ4n) is 2.94. The molecule has 0 bridgehead atoms. The summed E-state index contributed by atoms with van der Waals surface area (Å²) in [5, 5.41) is 0. The molecule has 1 aliphatic heterocycles. The molecule has 0 spiro atoms. The van der Waals surface area contributed by atoms with Gasteiger partial charge in [-0.3, -0.25) is 4.90 Å². The lowest BCUT2D eigenvalue weighted by atomic mass is 9.92. The average molecular weight is 262 g/mol. The molecule has 2 atom stereocenters. The van der Waals surface area contributed by atoms with Gasteiger partial charge in [-0.05, 0) is 45.2 Å². The van der Waals surface area contributed by atoms with Crippen LogP contribution >= 0.6 is 0 Å². The van der Waals surface area contributed by atoms with Crippen molar-refractivity contribution >= 4 is 0 Å². The Hall–Kier alpha value is -1.06. The van der Waals surface area contributed by atoms with E-state index < -0.39 is 0 Å². The topological polar surface area (TPSA) is 38.5 Å². The molecule has 1 saturated heterocycles. The molecule has 19 heavy (non-hydrogen) atoms. The summed E-state index contributed by atoms with van der Waals surface area (Å²) in [5.41, 5.74) is 8.63. The van der Waals surface area contributed by atoms with E-state index in [1.807, 2.05) is 0 Å². The Morgan fingerprint density at radius 2 is 2.26 bits per heavy atom. The Labute approximate surface area is 116 Å². The van der Waals surface area contributed by atoms with Crippen LogP contribution in [-0.2, 0) is 6.54 Å². The Morgan fingerprint density at radius 1 is 1.47 bits per heavy atom. The third kappa shape index (κ3) is 3.71. The number of aryl methyl sites for hydroxylation is 1. The highest BCUT2D eigenvalue weighted by Gasteiger charge is 2.23. The minimum absolute atomic E-state index is 0.294. The summed E-state index contributed by atoms with van der Waals surface area (Å²) in [6, 6.07) is 6.69. The lowest BCUT2D eigenvalue weighted by Gasteiger charge is -2.34. The van der Waals surface area contributed by atoms with Crippen molar-refractivity contribution in [1.29, 1.82) is 0 Å². The zero-order valence-corrected chi connectivity index (χ0v) is 12.4. The van der Waals surface area contributed by atoms with Crippen molar-refractivity contribution in [2.75, 3.05) is 20.2 Å². The van der Waals surface area contributed by atoms with E-state index in [9.17, 15) is 0 Å². The number of nitrogens with zero attached hydrogens (tertiary/aromatic N) is 1. The quantitative estimate of drug-likeness (QED) is 0.906. The predicted molar refractivity (Wildman–Crippen MR) is 79.4 cm³/mol. The zero-order chi connectivity index (χ0) is 13.8. The number of hydrogen-bond donors (Lipinski definition) is 1. The van der Waals surface area contributed by atoms with Crippen LogP contribution in [-0.4, -0.2) is 31.1 Å². The summed E-state index contributed by atoms with van der Waals surface area (Å²) in [4.78, 5) is 2.51. The second kappa shape index (κ2) is 6.40. The second-order valence-electron chi connectivity index (χ2n) is 5.81. The molecule has 0 saturated carbocycles. The maximum atomic E-state index is 6.05. The van der Waals surface area contributed by atoms with Crippen LogP contribution in [0.4, 0.5) is 0 Å². The van der Waals surface area contributed by atoms with Gasteiger partial charge in [0, 0.05) is 24.7 Å². The van der Waals surface area contributed by atoms with E-state index in [0.29, 0.717) is 12.0 Å². The standard InChI is InChI=1S/C16H26N2O/c1-12-6-7-16(19-3)15(9-12)11-18-8-4-5-14(10-18)13(2)17/h6-7,9,13-14H,4-5,8,10-11,17H2,1-3H3. The summed E-state index contributed by atoms with van der Waals surface area (Å²) in [7, 11) is 1.75. The monoisotopic (exact) mass is 262 g/mol. The van der Waals surface area contributed by atoms with Gasteiger partial charge in [0.15, 0.2) is 0 Å². The van der Waals surface area contributed by atoms with E-state index in [0.717, 1.165) is 18.8 Å². The molecule has 106 valence electrons. The molecule has 0 amide bonds.